The molecule has 0 saturated carbocycles. The Labute approximate surface area is 107 Å². The first-order valence-corrected chi connectivity index (χ1v) is 6.06. The molecule has 2 aromatic rings. The van der Waals surface area contributed by atoms with Crippen molar-refractivity contribution in [2.75, 3.05) is 5.32 Å². The average Bonchev–Trinajstić information content (AvgIpc) is 2.75. The molecular formula is C13H18N4O. The molecule has 18 heavy (non-hydrogen) atoms. The minimum absolute atomic E-state index is 0.110. The first kappa shape index (κ1) is 12.5. The van der Waals surface area contributed by atoms with Crippen LogP contribution in [0.15, 0.2) is 22.9 Å². The van der Waals surface area contributed by atoms with E-state index in [4.69, 9.17) is 4.52 Å². The summed E-state index contributed by atoms with van der Waals surface area (Å²) in [5.41, 5.74) is 1.79. The van der Waals surface area contributed by atoms with Crippen molar-refractivity contribution in [2.45, 2.75) is 39.7 Å². The summed E-state index contributed by atoms with van der Waals surface area (Å²) in [4.78, 5) is 8.64. The van der Waals surface area contributed by atoms with Gasteiger partial charge >= 0.3 is 6.01 Å². The lowest BCUT2D eigenvalue weighted by Gasteiger charge is -2.17. The van der Waals surface area contributed by atoms with Gasteiger partial charge in [0.1, 0.15) is 5.69 Å². The highest BCUT2D eigenvalue weighted by Gasteiger charge is 2.17. The molecule has 96 valence electrons. The van der Waals surface area contributed by atoms with Crippen molar-refractivity contribution in [1.29, 1.82) is 0 Å². The van der Waals surface area contributed by atoms with E-state index in [9.17, 15) is 0 Å². The molecule has 0 aromatic carbocycles. The third kappa shape index (κ3) is 2.85. The zero-order chi connectivity index (χ0) is 13.2. The van der Waals surface area contributed by atoms with Gasteiger partial charge in [-0.1, -0.05) is 18.1 Å². The van der Waals surface area contributed by atoms with Gasteiger partial charge in [0.15, 0.2) is 0 Å². The Bertz CT molecular complexity index is 528. The summed E-state index contributed by atoms with van der Waals surface area (Å²) >= 11 is 0. The lowest BCUT2D eigenvalue weighted by atomic mass is 10.1. The maximum Gasteiger partial charge on any atom is 0.322 e. The van der Waals surface area contributed by atoms with Crippen LogP contribution in [-0.4, -0.2) is 20.7 Å². The van der Waals surface area contributed by atoms with E-state index in [1.54, 1.807) is 6.20 Å². The number of nitrogens with zero attached hydrogens (tertiary/aromatic N) is 3. The van der Waals surface area contributed by atoms with Crippen molar-refractivity contribution in [2.24, 2.45) is 0 Å². The average molecular weight is 246 g/mol. The Morgan fingerprint density at radius 3 is 2.78 bits per heavy atom. The van der Waals surface area contributed by atoms with E-state index in [0.717, 1.165) is 17.7 Å². The topological polar surface area (TPSA) is 63.8 Å². The van der Waals surface area contributed by atoms with Gasteiger partial charge in [0, 0.05) is 11.7 Å². The standard InChI is InChI=1S/C13H18N4O/c1-5-9-7-6-8-14-10(9)11-15-12(18-17-11)16-13(2,3)4/h6-8H,5H2,1-4H3,(H,15,16,17). The van der Waals surface area contributed by atoms with Gasteiger partial charge in [-0.25, -0.2) is 0 Å². The number of aromatic nitrogens is 3. The second-order valence-corrected chi connectivity index (χ2v) is 5.16. The van der Waals surface area contributed by atoms with Crippen molar-refractivity contribution in [3.05, 3.63) is 23.9 Å². The lowest BCUT2D eigenvalue weighted by Crippen LogP contribution is -2.26. The fourth-order valence-corrected chi connectivity index (χ4v) is 1.62. The maximum atomic E-state index is 5.18. The Morgan fingerprint density at radius 2 is 2.11 bits per heavy atom. The molecule has 5 heteroatoms. The maximum absolute atomic E-state index is 5.18. The van der Waals surface area contributed by atoms with Gasteiger partial charge in [-0.3, -0.25) is 4.98 Å². The fraction of sp³-hybridized carbons (Fsp3) is 0.462. The number of anilines is 1. The third-order valence-corrected chi connectivity index (χ3v) is 2.39. The van der Waals surface area contributed by atoms with Gasteiger partial charge < -0.3 is 9.84 Å². The van der Waals surface area contributed by atoms with E-state index in [1.807, 2.05) is 32.9 Å². The van der Waals surface area contributed by atoms with Crippen LogP contribution in [0.25, 0.3) is 11.5 Å². The molecule has 0 radical (unpaired) electrons. The van der Waals surface area contributed by atoms with Gasteiger partial charge in [-0.05, 0) is 38.8 Å². The summed E-state index contributed by atoms with van der Waals surface area (Å²) in [6, 6.07) is 4.36. The SMILES string of the molecule is CCc1cccnc1-c1noc(NC(C)(C)C)n1. The Hall–Kier alpha value is -1.91. The summed E-state index contributed by atoms with van der Waals surface area (Å²) in [5, 5.41) is 7.11. The monoisotopic (exact) mass is 246 g/mol. The van der Waals surface area contributed by atoms with Gasteiger partial charge in [0.05, 0.1) is 0 Å². The number of aryl methyl sites for hydroxylation is 1. The van der Waals surface area contributed by atoms with Crippen LogP contribution < -0.4 is 5.32 Å². The molecule has 0 aliphatic carbocycles. The van der Waals surface area contributed by atoms with Crippen molar-refractivity contribution in [3.63, 3.8) is 0 Å². The van der Waals surface area contributed by atoms with Crippen molar-refractivity contribution < 1.29 is 4.52 Å². The molecule has 2 rings (SSSR count). The second-order valence-electron chi connectivity index (χ2n) is 5.16. The van der Waals surface area contributed by atoms with Crippen molar-refractivity contribution in [3.8, 4) is 11.5 Å². The molecule has 0 unspecified atom stereocenters. The van der Waals surface area contributed by atoms with Gasteiger partial charge in [-0.2, -0.15) is 4.98 Å². The molecule has 0 bridgehead atoms. The first-order chi connectivity index (χ1) is 8.49. The minimum atomic E-state index is -0.110. The van der Waals surface area contributed by atoms with E-state index in [2.05, 4.69) is 27.4 Å². The van der Waals surface area contributed by atoms with Crippen LogP contribution in [0.2, 0.25) is 0 Å². The smallest absolute Gasteiger partial charge is 0.322 e. The van der Waals surface area contributed by atoms with Crippen LogP contribution in [0.5, 0.6) is 0 Å². The van der Waals surface area contributed by atoms with Gasteiger partial charge in [-0.15, -0.1) is 0 Å². The predicted molar refractivity (Wildman–Crippen MR) is 70.3 cm³/mol. The Kier molecular flexibility index (Phi) is 3.32. The summed E-state index contributed by atoms with van der Waals surface area (Å²) in [7, 11) is 0. The number of hydrogen-bond donors (Lipinski definition) is 1. The van der Waals surface area contributed by atoms with E-state index >= 15 is 0 Å². The highest BCUT2D eigenvalue weighted by molar-refractivity contribution is 5.55. The predicted octanol–water partition coefficient (Wildman–Crippen LogP) is 2.90. The molecule has 0 aliphatic rings. The molecule has 5 nitrogen and oxygen atoms in total. The molecule has 1 N–H and O–H groups in total. The van der Waals surface area contributed by atoms with Crippen molar-refractivity contribution in [1.82, 2.24) is 15.1 Å². The fourth-order valence-electron chi connectivity index (χ4n) is 1.62. The zero-order valence-electron chi connectivity index (χ0n) is 11.2. The van der Waals surface area contributed by atoms with Crippen LogP contribution in [0, 0.1) is 0 Å². The normalized spacial score (nSPS) is 11.6. The Balaban J connectivity index is 2.29. The van der Waals surface area contributed by atoms with Crippen LogP contribution >= 0.6 is 0 Å². The highest BCUT2D eigenvalue weighted by atomic mass is 16.5. The summed E-state index contributed by atoms with van der Waals surface area (Å²) in [5.74, 6) is 0.527. The van der Waals surface area contributed by atoms with Gasteiger partial charge in [0.2, 0.25) is 5.82 Å². The largest absolute Gasteiger partial charge is 0.333 e. The zero-order valence-corrected chi connectivity index (χ0v) is 11.2. The minimum Gasteiger partial charge on any atom is -0.333 e. The first-order valence-electron chi connectivity index (χ1n) is 6.06. The van der Waals surface area contributed by atoms with Crippen LogP contribution in [0.4, 0.5) is 6.01 Å². The quantitative estimate of drug-likeness (QED) is 0.902. The molecular weight excluding hydrogens is 228 g/mol. The number of rotatable bonds is 3. The molecule has 2 heterocycles. The van der Waals surface area contributed by atoms with Crippen LogP contribution in [0.1, 0.15) is 33.3 Å². The second kappa shape index (κ2) is 4.76. The molecule has 2 aromatic heterocycles. The summed E-state index contributed by atoms with van der Waals surface area (Å²) in [6.45, 7) is 8.19. The summed E-state index contributed by atoms with van der Waals surface area (Å²) in [6.07, 6.45) is 2.63. The molecule has 0 spiro atoms. The molecule has 0 saturated heterocycles. The van der Waals surface area contributed by atoms with E-state index in [0.29, 0.717) is 11.8 Å². The van der Waals surface area contributed by atoms with Crippen LogP contribution in [0.3, 0.4) is 0 Å². The number of pyridine rings is 1. The molecule has 0 fully saturated rings. The lowest BCUT2D eigenvalue weighted by molar-refractivity contribution is 0.420. The van der Waals surface area contributed by atoms with E-state index in [-0.39, 0.29) is 5.54 Å². The third-order valence-electron chi connectivity index (χ3n) is 2.39. The van der Waals surface area contributed by atoms with Crippen LogP contribution in [-0.2, 0) is 6.42 Å². The number of hydrogen-bond acceptors (Lipinski definition) is 5. The highest BCUT2D eigenvalue weighted by Crippen LogP contribution is 2.21. The molecule has 0 aliphatic heterocycles. The van der Waals surface area contributed by atoms with Crippen molar-refractivity contribution >= 4 is 6.01 Å². The van der Waals surface area contributed by atoms with E-state index < -0.39 is 0 Å². The Morgan fingerprint density at radius 1 is 1.33 bits per heavy atom. The summed E-state index contributed by atoms with van der Waals surface area (Å²) < 4.78 is 5.18. The van der Waals surface area contributed by atoms with E-state index in [1.165, 1.54) is 0 Å². The number of nitrogens with one attached hydrogen (secondary N) is 1. The molecule has 0 amide bonds. The molecule has 0 atom stereocenters. The van der Waals surface area contributed by atoms with Gasteiger partial charge in [0.25, 0.3) is 0 Å².